The maximum atomic E-state index is 12.9. The molecule has 4 heterocycles. The van der Waals surface area contributed by atoms with Gasteiger partial charge in [-0.05, 0) is 23.9 Å². The summed E-state index contributed by atoms with van der Waals surface area (Å²) in [5.74, 6) is 0.673. The molecule has 0 aliphatic rings. The molecule has 5 aromatic rings. The second-order valence-corrected chi connectivity index (χ2v) is 9.96. The highest BCUT2D eigenvalue weighted by molar-refractivity contribution is 7.99. The fourth-order valence-electron chi connectivity index (χ4n) is 3.30. The first-order chi connectivity index (χ1) is 14.7. The molecule has 1 unspecified atom stereocenters. The lowest BCUT2D eigenvalue weighted by atomic mass is 10.2. The lowest BCUT2D eigenvalue weighted by Crippen LogP contribution is -2.12. The number of thioether (sulfide) groups is 1. The average molecular weight is 451 g/mol. The standard InChI is InChI=1S/C22H18N4OS3/c1-14(30-22-23-9-10-26(22)12-15-6-3-2-4-7-15)19-24-20(27)18-16(13-29-21(18)25-19)17-8-5-11-28-17/h2-11,13-14H,12H2,1H3,(H,24,25,27). The Hall–Kier alpha value is -2.68. The monoisotopic (exact) mass is 450 g/mol. The Kier molecular flexibility index (Phi) is 5.28. The zero-order valence-corrected chi connectivity index (χ0v) is 18.6. The van der Waals surface area contributed by atoms with E-state index in [0.717, 1.165) is 27.0 Å². The van der Waals surface area contributed by atoms with Crippen molar-refractivity contribution in [1.82, 2.24) is 19.5 Å². The number of imidazole rings is 1. The number of H-pyrrole nitrogens is 1. The molecule has 0 amide bonds. The van der Waals surface area contributed by atoms with E-state index in [9.17, 15) is 4.79 Å². The lowest BCUT2D eigenvalue weighted by Gasteiger charge is -2.12. The van der Waals surface area contributed by atoms with E-state index < -0.39 is 0 Å². The zero-order chi connectivity index (χ0) is 20.5. The van der Waals surface area contributed by atoms with Crippen LogP contribution < -0.4 is 5.56 Å². The molecule has 0 fully saturated rings. The fourth-order valence-corrected chi connectivity index (χ4v) is 5.99. The van der Waals surface area contributed by atoms with E-state index in [1.54, 1.807) is 23.1 Å². The number of aromatic amines is 1. The van der Waals surface area contributed by atoms with Crippen molar-refractivity contribution in [3.05, 3.63) is 87.4 Å². The van der Waals surface area contributed by atoms with Gasteiger partial charge in [-0.1, -0.05) is 48.2 Å². The first-order valence-corrected chi connectivity index (χ1v) is 12.1. The Labute approximate surface area is 185 Å². The van der Waals surface area contributed by atoms with Gasteiger partial charge in [-0.3, -0.25) is 4.79 Å². The summed E-state index contributed by atoms with van der Waals surface area (Å²) in [6.07, 6.45) is 3.79. The van der Waals surface area contributed by atoms with Crippen LogP contribution in [0.4, 0.5) is 0 Å². The highest BCUT2D eigenvalue weighted by atomic mass is 32.2. The van der Waals surface area contributed by atoms with E-state index in [1.807, 2.05) is 60.4 Å². The predicted molar refractivity (Wildman–Crippen MR) is 126 cm³/mol. The van der Waals surface area contributed by atoms with Gasteiger partial charge in [-0.25, -0.2) is 9.97 Å². The number of hydrogen-bond acceptors (Lipinski definition) is 6. The minimum absolute atomic E-state index is 0.0358. The van der Waals surface area contributed by atoms with Gasteiger partial charge in [-0.2, -0.15) is 0 Å². The van der Waals surface area contributed by atoms with Crippen LogP contribution >= 0.6 is 34.4 Å². The van der Waals surface area contributed by atoms with Gasteiger partial charge >= 0.3 is 0 Å². The number of aromatic nitrogens is 4. The van der Waals surface area contributed by atoms with Crippen LogP contribution in [-0.4, -0.2) is 19.5 Å². The Bertz CT molecular complexity index is 1340. The molecule has 5 nitrogen and oxygen atoms in total. The number of rotatable bonds is 6. The van der Waals surface area contributed by atoms with E-state index in [-0.39, 0.29) is 10.8 Å². The molecule has 0 saturated carbocycles. The van der Waals surface area contributed by atoms with E-state index >= 15 is 0 Å². The summed E-state index contributed by atoms with van der Waals surface area (Å²) in [5, 5.41) is 5.58. The summed E-state index contributed by atoms with van der Waals surface area (Å²) in [6.45, 7) is 2.80. The van der Waals surface area contributed by atoms with E-state index in [0.29, 0.717) is 11.2 Å². The molecule has 4 aromatic heterocycles. The Morgan fingerprint density at radius 3 is 2.83 bits per heavy atom. The van der Waals surface area contributed by atoms with E-state index in [1.165, 1.54) is 16.9 Å². The van der Waals surface area contributed by atoms with Crippen molar-refractivity contribution in [2.45, 2.75) is 23.9 Å². The molecule has 0 spiro atoms. The second-order valence-electron chi connectivity index (χ2n) is 6.84. The molecule has 0 saturated heterocycles. The van der Waals surface area contributed by atoms with Crippen molar-refractivity contribution in [3.63, 3.8) is 0 Å². The van der Waals surface area contributed by atoms with Crippen LogP contribution in [0.2, 0.25) is 0 Å². The maximum Gasteiger partial charge on any atom is 0.260 e. The maximum absolute atomic E-state index is 12.9. The van der Waals surface area contributed by atoms with Gasteiger partial charge in [0.1, 0.15) is 10.7 Å². The van der Waals surface area contributed by atoms with Gasteiger partial charge in [-0.15, -0.1) is 22.7 Å². The number of fused-ring (bicyclic) bond motifs is 1. The van der Waals surface area contributed by atoms with E-state index in [2.05, 4.69) is 26.7 Å². The van der Waals surface area contributed by atoms with Crippen molar-refractivity contribution in [3.8, 4) is 10.4 Å². The van der Waals surface area contributed by atoms with Crippen LogP contribution in [0.5, 0.6) is 0 Å². The number of nitrogens with one attached hydrogen (secondary N) is 1. The molecule has 1 atom stereocenters. The van der Waals surface area contributed by atoms with Crippen LogP contribution in [0.3, 0.4) is 0 Å². The number of hydrogen-bond donors (Lipinski definition) is 1. The van der Waals surface area contributed by atoms with Gasteiger partial charge in [0.2, 0.25) is 0 Å². The van der Waals surface area contributed by atoms with Gasteiger partial charge in [0.15, 0.2) is 5.16 Å². The fraction of sp³-hybridized carbons (Fsp3) is 0.136. The minimum Gasteiger partial charge on any atom is -0.322 e. The van der Waals surface area contributed by atoms with Crippen molar-refractivity contribution in [2.24, 2.45) is 0 Å². The predicted octanol–water partition coefficient (Wildman–Crippen LogP) is 5.81. The molecule has 0 aliphatic heterocycles. The van der Waals surface area contributed by atoms with Gasteiger partial charge in [0, 0.05) is 34.8 Å². The molecular formula is C22H18N4OS3. The molecule has 1 N–H and O–H groups in total. The van der Waals surface area contributed by atoms with Gasteiger partial charge < -0.3 is 9.55 Å². The van der Waals surface area contributed by atoms with Crippen LogP contribution in [0.1, 0.15) is 23.6 Å². The number of thiophene rings is 2. The Morgan fingerprint density at radius 1 is 1.17 bits per heavy atom. The Morgan fingerprint density at radius 2 is 2.03 bits per heavy atom. The minimum atomic E-state index is -0.0836. The first kappa shape index (κ1) is 19.3. The second kappa shape index (κ2) is 8.22. The Balaban J connectivity index is 1.42. The van der Waals surface area contributed by atoms with Crippen molar-refractivity contribution >= 4 is 44.7 Å². The van der Waals surface area contributed by atoms with Crippen LogP contribution in [0.25, 0.3) is 20.7 Å². The lowest BCUT2D eigenvalue weighted by molar-refractivity contribution is 0.705. The molecule has 0 radical (unpaired) electrons. The summed E-state index contributed by atoms with van der Waals surface area (Å²) in [7, 11) is 0. The third kappa shape index (κ3) is 3.74. The number of nitrogens with zero attached hydrogens (tertiary/aromatic N) is 3. The third-order valence-corrected chi connectivity index (χ3v) is 7.69. The molecule has 0 aliphatic carbocycles. The van der Waals surface area contributed by atoms with Gasteiger partial charge in [0.25, 0.3) is 5.56 Å². The quantitative estimate of drug-likeness (QED) is 0.332. The van der Waals surface area contributed by atoms with Crippen LogP contribution in [0.15, 0.2) is 75.6 Å². The normalized spacial score (nSPS) is 12.4. The van der Waals surface area contributed by atoms with Crippen molar-refractivity contribution < 1.29 is 0 Å². The zero-order valence-electron chi connectivity index (χ0n) is 16.1. The van der Waals surface area contributed by atoms with E-state index in [4.69, 9.17) is 4.98 Å². The van der Waals surface area contributed by atoms with Crippen LogP contribution in [0, 0.1) is 0 Å². The highest BCUT2D eigenvalue weighted by Gasteiger charge is 2.18. The summed E-state index contributed by atoms with van der Waals surface area (Å²) < 4.78 is 2.12. The third-order valence-electron chi connectivity index (χ3n) is 4.79. The smallest absolute Gasteiger partial charge is 0.260 e. The topological polar surface area (TPSA) is 63.6 Å². The average Bonchev–Trinajstić information content (AvgIpc) is 3.50. The number of benzene rings is 1. The highest BCUT2D eigenvalue weighted by Crippen LogP contribution is 2.36. The van der Waals surface area contributed by atoms with Crippen molar-refractivity contribution in [2.75, 3.05) is 0 Å². The first-order valence-electron chi connectivity index (χ1n) is 9.46. The summed E-state index contributed by atoms with van der Waals surface area (Å²) in [6, 6.07) is 14.3. The van der Waals surface area contributed by atoms with Gasteiger partial charge in [0.05, 0.1) is 10.6 Å². The molecular weight excluding hydrogens is 432 g/mol. The molecule has 0 bridgehead atoms. The van der Waals surface area contributed by atoms with Crippen LogP contribution in [-0.2, 0) is 6.54 Å². The van der Waals surface area contributed by atoms with Crippen molar-refractivity contribution in [1.29, 1.82) is 0 Å². The molecule has 8 heteroatoms. The largest absolute Gasteiger partial charge is 0.322 e. The summed E-state index contributed by atoms with van der Waals surface area (Å²) in [5.41, 5.74) is 2.10. The molecule has 150 valence electrons. The SMILES string of the molecule is CC(Sc1nccn1Cc1ccccc1)c1nc2scc(-c3cccs3)c2c(=O)[nH]1. The molecule has 1 aromatic carbocycles. The summed E-state index contributed by atoms with van der Waals surface area (Å²) >= 11 is 4.74. The molecule has 5 rings (SSSR count). The summed E-state index contributed by atoms with van der Waals surface area (Å²) in [4.78, 5) is 27.0. The molecule has 30 heavy (non-hydrogen) atoms.